The molecule has 2 rings (SSSR count). The third-order valence-electron chi connectivity index (χ3n) is 3.18. The van der Waals surface area contributed by atoms with Crippen LogP contribution in [0.4, 0.5) is 11.5 Å². The number of anilines is 1. The van der Waals surface area contributed by atoms with Gasteiger partial charge in [-0.25, -0.2) is 4.98 Å². The molecule has 0 bridgehead atoms. The van der Waals surface area contributed by atoms with Crippen LogP contribution in [-0.4, -0.2) is 29.5 Å². The molecule has 6 nitrogen and oxygen atoms in total. The molecule has 0 aromatic carbocycles. The van der Waals surface area contributed by atoms with Gasteiger partial charge in [-0.05, 0) is 26.3 Å². The Balaban J connectivity index is 1.90. The van der Waals surface area contributed by atoms with Crippen molar-refractivity contribution in [2.24, 2.45) is 0 Å². The summed E-state index contributed by atoms with van der Waals surface area (Å²) < 4.78 is 0. The quantitative estimate of drug-likeness (QED) is 0.482. The lowest BCUT2D eigenvalue weighted by molar-refractivity contribution is -0.385. The molecule has 0 fully saturated rings. The molecule has 0 radical (unpaired) electrons. The smallest absolute Gasteiger partial charge is 0.277 e. The number of rotatable bonds is 5. The highest BCUT2D eigenvalue weighted by Crippen LogP contribution is 2.20. The van der Waals surface area contributed by atoms with Crippen molar-refractivity contribution in [3.05, 3.63) is 39.6 Å². The number of hydrogen-bond acceptors (Lipinski definition) is 5. The van der Waals surface area contributed by atoms with Crippen LogP contribution in [0.25, 0.3) is 0 Å². The number of pyridine rings is 1. The number of aryl methyl sites for hydroxylation is 1. The van der Waals surface area contributed by atoms with Gasteiger partial charge in [0.2, 0.25) is 0 Å². The third kappa shape index (κ3) is 3.75. The average Bonchev–Trinajstić information content (AvgIpc) is 2.41. The van der Waals surface area contributed by atoms with Crippen molar-refractivity contribution in [2.75, 3.05) is 25.0 Å². The van der Waals surface area contributed by atoms with Gasteiger partial charge in [0.05, 0.1) is 11.0 Å². The minimum Gasteiger partial charge on any atom is -0.370 e. The number of aromatic nitrogens is 1. The summed E-state index contributed by atoms with van der Waals surface area (Å²) in [7, 11) is 0. The Morgan fingerprint density at radius 3 is 3.11 bits per heavy atom. The van der Waals surface area contributed by atoms with Gasteiger partial charge in [-0.1, -0.05) is 11.6 Å². The van der Waals surface area contributed by atoms with E-state index in [0.29, 0.717) is 11.4 Å². The molecule has 1 aliphatic rings. The highest BCUT2D eigenvalue weighted by atomic mass is 16.6. The van der Waals surface area contributed by atoms with Crippen LogP contribution in [0.1, 0.15) is 18.4 Å². The summed E-state index contributed by atoms with van der Waals surface area (Å²) in [6.45, 7) is 4.40. The largest absolute Gasteiger partial charge is 0.370 e. The van der Waals surface area contributed by atoms with Crippen LogP contribution in [0.5, 0.6) is 0 Å². The van der Waals surface area contributed by atoms with Gasteiger partial charge >= 0.3 is 0 Å². The summed E-state index contributed by atoms with van der Waals surface area (Å²) >= 11 is 0. The molecule has 1 aliphatic heterocycles. The first kappa shape index (κ1) is 13.5. The fraction of sp³-hybridized carbons (Fsp3) is 0.462. The Kier molecular flexibility index (Phi) is 4.46. The standard InChI is InChI=1S/C13H18N4O2/c1-10-9-16-13(8-12(10)17(18)19)15-7-4-11-2-5-14-6-3-11/h2,8-9,14H,3-7H2,1H3,(H,15,16). The van der Waals surface area contributed by atoms with Crippen LogP contribution in [0.2, 0.25) is 0 Å². The van der Waals surface area contributed by atoms with Crippen LogP contribution >= 0.6 is 0 Å². The van der Waals surface area contributed by atoms with Gasteiger partial charge in [-0.3, -0.25) is 10.1 Å². The van der Waals surface area contributed by atoms with Gasteiger partial charge in [-0.15, -0.1) is 0 Å². The van der Waals surface area contributed by atoms with Gasteiger partial charge < -0.3 is 10.6 Å². The number of hydrogen-bond donors (Lipinski definition) is 2. The first-order valence-electron chi connectivity index (χ1n) is 6.40. The Morgan fingerprint density at radius 1 is 1.58 bits per heavy atom. The van der Waals surface area contributed by atoms with E-state index in [2.05, 4.69) is 21.7 Å². The second-order valence-corrected chi connectivity index (χ2v) is 4.61. The molecular weight excluding hydrogens is 244 g/mol. The van der Waals surface area contributed by atoms with Crippen LogP contribution in [0.3, 0.4) is 0 Å². The summed E-state index contributed by atoms with van der Waals surface area (Å²) in [5, 5.41) is 17.2. The fourth-order valence-electron chi connectivity index (χ4n) is 2.05. The number of nitro groups is 1. The predicted octanol–water partition coefficient (Wildman–Crippen LogP) is 2.02. The highest BCUT2D eigenvalue weighted by molar-refractivity contribution is 5.48. The Labute approximate surface area is 112 Å². The minimum atomic E-state index is -0.377. The molecule has 6 heteroatoms. The zero-order valence-corrected chi connectivity index (χ0v) is 11.0. The van der Waals surface area contributed by atoms with E-state index in [9.17, 15) is 10.1 Å². The average molecular weight is 262 g/mol. The summed E-state index contributed by atoms with van der Waals surface area (Å²) in [5.41, 5.74) is 2.11. The van der Waals surface area contributed by atoms with E-state index >= 15 is 0 Å². The number of nitrogens with zero attached hydrogens (tertiary/aromatic N) is 2. The fourth-order valence-corrected chi connectivity index (χ4v) is 2.05. The van der Waals surface area contributed by atoms with E-state index in [-0.39, 0.29) is 10.6 Å². The van der Waals surface area contributed by atoms with Crippen molar-refractivity contribution in [3.8, 4) is 0 Å². The molecule has 1 aromatic heterocycles. The topological polar surface area (TPSA) is 80.1 Å². The molecular formula is C13H18N4O2. The Morgan fingerprint density at radius 2 is 2.42 bits per heavy atom. The second-order valence-electron chi connectivity index (χ2n) is 4.61. The summed E-state index contributed by atoms with van der Waals surface area (Å²) in [4.78, 5) is 14.6. The molecule has 2 N–H and O–H groups in total. The normalized spacial score (nSPS) is 14.9. The van der Waals surface area contributed by atoms with Crippen molar-refractivity contribution < 1.29 is 4.92 Å². The lowest BCUT2D eigenvalue weighted by Crippen LogP contribution is -2.21. The van der Waals surface area contributed by atoms with Crippen LogP contribution in [-0.2, 0) is 0 Å². The van der Waals surface area contributed by atoms with Crippen molar-refractivity contribution in [3.63, 3.8) is 0 Å². The second kappa shape index (κ2) is 6.29. The lowest BCUT2D eigenvalue weighted by atomic mass is 10.1. The molecule has 0 aliphatic carbocycles. The van der Waals surface area contributed by atoms with E-state index in [0.717, 1.165) is 32.5 Å². The summed E-state index contributed by atoms with van der Waals surface area (Å²) in [5.74, 6) is 0.562. The molecule has 0 atom stereocenters. The Bertz CT molecular complexity index is 499. The van der Waals surface area contributed by atoms with Gasteiger partial charge in [0, 0.05) is 24.8 Å². The summed E-state index contributed by atoms with van der Waals surface area (Å²) in [6.07, 6.45) is 5.76. The van der Waals surface area contributed by atoms with E-state index in [1.807, 2.05) is 0 Å². The van der Waals surface area contributed by atoms with Crippen molar-refractivity contribution in [1.29, 1.82) is 0 Å². The molecule has 19 heavy (non-hydrogen) atoms. The number of nitrogens with one attached hydrogen (secondary N) is 2. The highest BCUT2D eigenvalue weighted by Gasteiger charge is 2.11. The van der Waals surface area contributed by atoms with Crippen LogP contribution in [0.15, 0.2) is 23.9 Å². The molecule has 0 saturated heterocycles. The Hall–Kier alpha value is -1.95. The SMILES string of the molecule is Cc1cnc(NCCC2=CCNCC2)cc1[N+](=O)[O-]. The molecule has 0 unspecified atom stereocenters. The molecule has 0 spiro atoms. The van der Waals surface area contributed by atoms with Crippen molar-refractivity contribution in [1.82, 2.24) is 10.3 Å². The first-order chi connectivity index (χ1) is 9.16. The zero-order valence-electron chi connectivity index (χ0n) is 11.0. The van der Waals surface area contributed by atoms with Crippen molar-refractivity contribution >= 4 is 11.5 Å². The molecule has 2 heterocycles. The van der Waals surface area contributed by atoms with Crippen molar-refractivity contribution in [2.45, 2.75) is 19.8 Å². The molecule has 102 valence electrons. The lowest BCUT2D eigenvalue weighted by Gasteiger charge is -2.14. The van der Waals surface area contributed by atoms with E-state index in [1.165, 1.54) is 17.8 Å². The molecule has 0 amide bonds. The van der Waals surface area contributed by atoms with Gasteiger partial charge in [-0.2, -0.15) is 0 Å². The van der Waals surface area contributed by atoms with E-state index < -0.39 is 0 Å². The van der Waals surface area contributed by atoms with Gasteiger partial charge in [0.25, 0.3) is 5.69 Å². The first-order valence-corrected chi connectivity index (χ1v) is 6.40. The van der Waals surface area contributed by atoms with E-state index in [1.54, 1.807) is 6.92 Å². The summed E-state index contributed by atoms with van der Waals surface area (Å²) in [6, 6.07) is 1.49. The van der Waals surface area contributed by atoms with Crippen LogP contribution in [0, 0.1) is 17.0 Å². The maximum atomic E-state index is 10.8. The third-order valence-corrected chi connectivity index (χ3v) is 3.18. The van der Waals surface area contributed by atoms with Gasteiger partial charge in [0.15, 0.2) is 0 Å². The molecule has 1 aromatic rings. The zero-order chi connectivity index (χ0) is 13.7. The monoisotopic (exact) mass is 262 g/mol. The minimum absolute atomic E-state index is 0.110. The van der Waals surface area contributed by atoms with E-state index in [4.69, 9.17) is 0 Å². The maximum absolute atomic E-state index is 10.8. The predicted molar refractivity (Wildman–Crippen MR) is 74.3 cm³/mol. The van der Waals surface area contributed by atoms with Crippen LogP contribution < -0.4 is 10.6 Å². The van der Waals surface area contributed by atoms with Gasteiger partial charge in [0.1, 0.15) is 5.82 Å². The maximum Gasteiger partial charge on any atom is 0.277 e. The molecule has 0 saturated carbocycles.